The summed E-state index contributed by atoms with van der Waals surface area (Å²) in [6, 6.07) is 0. The molecule has 0 saturated heterocycles. The molecule has 0 bridgehead atoms. The van der Waals surface area contributed by atoms with E-state index in [0.29, 0.717) is 12.2 Å². The molecule has 15 heavy (non-hydrogen) atoms. The lowest BCUT2D eigenvalue weighted by molar-refractivity contribution is 0.316. The third-order valence-corrected chi connectivity index (χ3v) is 1.85. The Balaban J connectivity index is 1.94. The number of nitrogens with one attached hydrogen (secondary N) is 1. The van der Waals surface area contributed by atoms with Gasteiger partial charge in [-0.1, -0.05) is 10.3 Å². The van der Waals surface area contributed by atoms with Gasteiger partial charge in [-0.15, -0.1) is 0 Å². The van der Waals surface area contributed by atoms with Crippen molar-refractivity contribution in [2.75, 3.05) is 13.1 Å². The molecule has 0 aliphatic rings. The van der Waals surface area contributed by atoms with Crippen molar-refractivity contribution in [2.24, 2.45) is 10.9 Å². The van der Waals surface area contributed by atoms with Crippen LogP contribution in [0.4, 0.5) is 0 Å². The Labute approximate surface area is 87.3 Å². The van der Waals surface area contributed by atoms with Gasteiger partial charge in [-0.05, 0) is 13.0 Å². The first-order valence-electron chi connectivity index (χ1n) is 4.75. The molecule has 1 rings (SSSR count). The van der Waals surface area contributed by atoms with Gasteiger partial charge in [-0.25, -0.2) is 0 Å². The van der Waals surface area contributed by atoms with E-state index in [9.17, 15) is 0 Å². The Kier molecular flexibility index (Phi) is 5.16. The van der Waals surface area contributed by atoms with Gasteiger partial charge in [0, 0.05) is 19.4 Å². The van der Waals surface area contributed by atoms with Crippen LogP contribution in [0.25, 0.3) is 0 Å². The second-order valence-corrected chi connectivity index (χ2v) is 3.04. The molecule has 1 aromatic heterocycles. The van der Waals surface area contributed by atoms with Gasteiger partial charge in [-0.2, -0.15) is 4.98 Å². The number of amidine groups is 1. The summed E-state index contributed by atoms with van der Waals surface area (Å²) in [5.74, 6) is 0.953. The monoisotopic (exact) mass is 213 g/mol. The summed E-state index contributed by atoms with van der Waals surface area (Å²) in [6.45, 7) is 1.60. The number of rotatable bonds is 7. The van der Waals surface area contributed by atoms with E-state index in [1.807, 2.05) is 0 Å². The molecule has 84 valence electrons. The maximum absolute atomic E-state index is 8.28. The van der Waals surface area contributed by atoms with Gasteiger partial charge in [-0.3, -0.25) is 0 Å². The minimum Gasteiger partial charge on any atom is -0.409 e. The van der Waals surface area contributed by atoms with Crippen molar-refractivity contribution in [3.63, 3.8) is 0 Å². The van der Waals surface area contributed by atoms with Gasteiger partial charge in [0.25, 0.3) is 0 Å². The van der Waals surface area contributed by atoms with Gasteiger partial charge in [0.15, 0.2) is 5.82 Å². The minimum absolute atomic E-state index is 0.259. The van der Waals surface area contributed by atoms with Gasteiger partial charge >= 0.3 is 0 Å². The Hall–Kier alpha value is -1.63. The van der Waals surface area contributed by atoms with E-state index in [1.165, 1.54) is 6.39 Å². The molecule has 0 saturated carbocycles. The van der Waals surface area contributed by atoms with E-state index in [4.69, 9.17) is 10.9 Å². The summed E-state index contributed by atoms with van der Waals surface area (Å²) >= 11 is 0. The molecular weight excluding hydrogens is 198 g/mol. The summed E-state index contributed by atoms with van der Waals surface area (Å²) in [5.41, 5.74) is 5.30. The standard InChI is InChI=1S/C8H15N5O2/c9-7(12-14)2-1-4-10-5-3-8-11-6-15-13-8/h6,10,14H,1-5H2,(H2,9,12). The molecule has 0 spiro atoms. The van der Waals surface area contributed by atoms with Crippen LogP contribution in [-0.4, -0.2) is 34.3 Å². The van der Waals surface area contributed by atoms with Crippen molar-refractivity contribution < 1.29 is 9.73 Å². The third kappa shape index (κ3) is 4.96. The summed E-state index contributed by atoms with van der Waals surface area (Å²) < 4.78 is 4.59. The van der Waals surface area contributed by atoms with Crippen molar-refractivity contribution in [3.05, 3.63) is 12.2 Å². The largest absolute Gasteiger partial charge is 0.409 e. The van der Waals surface area contributed by atoms with Gasteiger partial charge in [0.05, 0.1) is 0 Å². The molecule has 0 aromatic carbocycles. The highest BCUT2D eigenvalue weighted by atomic mass is 16.5. The Morgan fingerprint density at radius 2 is 2.47 bits per heavy atom. The fraction of sp³-hybridized carbons (Fsp3) is 0.625. The summed E-state index contributed by atoms with van der Waals surface area (Å²) in [5, 5.41) is 18.0. The van der Waals surface area contributed by atoms with E-state index in [1.54, 1.807) is 0 Å². The van der Waals surface area contributed by atoms with E-state index in [2.05, 4.69) is 25.1 Å². The SMILES string of the molecule is NC(CCCNCCc1ncon1)=NO. The first-order valence-corrected chi connectivity index (χ1v) is 4.75. The first kappa shape index (κ1) is 11.4. The summed E-state index contributed by atoms with van der Waals surface area (Å²) in [4.78, 5) is 3.89. The summed E-state index contributed by atoms with van der Waals surface area (Å²) in [6.07, 6.45) is 3.47. The van der Waals surface area contributed by atoms with Crippen molar-refractivity contribution in [3.8, 4) is 0 Å². The lowest BCUT2D eigenvalue weighted by atomic mass is 10.3. The lowest BCUT2D eigenvalue weighted by Crippen LogP contribution is -2.21. The molecule has 4 N–H and O–H groups in total. The zero-order valence-electron chi connectivity index (χ0n) is 8.39. The first-order chi connectivity index (χ1) is 7.33. The van der Waals surface area contributed by atoms with Gasteiger partial charge in [0.1, 0.15) is 5.84 Å². The molecule has 0 fully saturated rings. The van der Waals surface area contributed by atoms with Gasteiger partial charge in [0.2, 0.25) is 6.39 Å². The van der Waals surface area contributed by atoms with Crippen LogP contribution >= 0.6 is 0 Å². The van der Waals surface area contributed by atoms with E-state index in [-0.39, 0.29) is 5.84 Å². The third-order valence-electron chi connectivity index (χ3n) is 1.85. The molecule has 0 atom stereocenters. The Morgan fingerprint density at radius 3 is 3.13 bits per heavy atom. The number of oxime groups is 1. The van der Waals surface area contributed by atoms with E-state index in [0.717, 1.165) is 25.9 Å². The van der Waals surface area contributed by atoms with Crippen molar-refractivity contribution >= 4 is 5.84 Å². The second kappa shape index (κ2) is 6.77. The molecular formula is C8H15N5O2. The number of aromatic nitrogens is 2. The van der Waals surface area contributed by atoms with Crippen LogP contribution < -0.4 is 11.1 Å². The number of nitrogens with zero attached hydrogens (tertiary/aromatic N) is 3. The van der Waals surface area contributed by atoms with Crippen LogP contribution in [-0.2, 0) is 6.42 Å². The average molecular weight is 213 g/mol. The molecule has 7 nitrogen and oxygen atoms in total. The Morgan fingerprint density at radius 1 is 1.60 bits per heavy atom. The van der Waals surface area contributed by atoms with Crippen molar-refractivity contribution in [1.82, 2.24) is 15.5 Å². The zero-order chi connectivity index (χ0) is 10.9. The highest BCUT2D eigenvalue weighted by Crippen LogP contribution is 1.89. The normalized spacial score (nSPS) is 11.9. The van der Waals surface area contributed by atoms with Crippen LogP contribution in [0, 0.1) is 0 Å². The fourth-order valence-electron chi connectivity index (χ4n) is 1.07. The molecule has 1 aromatic rings. The predicted molar refractivity (Wildman–Crippen MR) is 53.5 cm³/mol. The molecule has 1 heterocycles. The van der Waals surface area contributed by atoms with Crippen LogP contribution in [0.15, 0.2) is 16.1 Å². The maximum Gasteiger partial charge on any atom is 0.213 e. The van der Waals surface area contributed by atoms with Crippen molar-refractivity contribution in [1.29, 1.82) is 0 Å². The second-order valence-electron chi connectivity index (χ2n) is 3.04. The van der Waals surface area contributed by atoms with Crippen LogP contribution in [0.5, 0.6) is 0 Å². The van der Waals surface area contributed by atoms with Crippen LogP contribution in [0.2, 0.25) is 0 Å². The highest BCUT2D eigenvalue weighted by Gasteiger charge is 1.97. The number of hydrogen-bond donors (Lipinski definition) is 3. The van der Waals surface area contributed by atoms with E-state index >= 15 is 0 Å². The topological polar surface area (TPSA) is 110 Å². The molecule has 0 unspecified atom stereocenters. The molecule has 0 aliphatic carbocycles. The molecule has 0 radical (unpaired) electrons. The van der Waals surface area contributed by atoms with Crippen LogP contribution in [0.3, 0.4) is 0 Å². The lowest BCUT2D eigenvalue weighted by Gasteiger charge is -2.01. The molecule has 7 heteroatoms. The predicted octanol–water partition coefficient (Wildman–Crippen LogP) is -0.272. The maximum atomic E-state index is 8.28. The van der Waals surface area contributed by atoms with Crippen LogP contribution in [0.1, 0.15) is 18.7 Å². The van der Waals surface area contributed by atoms with Crippen molar-refractivity contribution in [2.45, 2.75) is 19.3 Å². The number of nitrogens with two attached hydrogens (primary N) is 1. The van der Waals surface area contributed by atoms with E-state index < -0.39 is 0 Å². The molecule has 0 aliphatic heterocycles. The highest BCUT2D eigenvalue weighted by molar-refractivity contribution is 5.79. The smallest absolute Gasteiger partial charge is 0.213 e. The summed E-state index contributed by atoms with van der Waals surface area (Å²) in [7, 11) is 0. The quantitative estimate of drug-likeness (QED) is 0.189. The Bertz CT molecular complexity index is 285. The average Bonchev–Trinajstić information content (AvgIpc) is 2.75. The number of hydrogen-bond acceptors (Lipinski definition) is 6. The van der Waals surface area contributed by atoms with Gasteiger partial charge < -0.3 is 20.8 Å². The molecule has 0 amide bonds. The fourth-order valence-corrected chi connectivity index (χ4v) is 1.07. The minimum atomic E-state index is 0.259. The zero-order valence-corrected chi connectivity index (χ0v) is 8.39.